The molecule has 0 unspecified atom stereocenters. The number of thioether (sulfide) groups is 1. The Bertz CT molecular complexity index is 939. The van der Waals surface area contributed by atoms with E-state index in [9.17, 15) is 4.79 Å². The van der Waals surface area contributed by atoms with Crippen LogP contribution in [0.3, 0.4) is 0 Å². The average Bonchev–Trinajstić information content (AvgIpc) is 2.98. The maximum atomic E-state index is 12.5. The number of rotatable bonds is 9. The minimum Gasteiger partial charge on any atom is -0.493 e. The van der Waals surface area contributed by atoms with Crippen molar-refractivity contribution in [1.29, 1.82) is 0 Å². The summed E-state index contributed by atoms with van der Waals surface area (Å²) in [6, 6.07) is 15.6. The molecule has 1 aliphatic rings. The van der Waals surface area contributed by atoms with E-state index >= 15 is 0 Å². The predicted molar refractivity (Wildman–Crippen MR) is 123 cm³/mol. The van der Waals surface area contributed by atoms with E-state index in [0.29, 0.717) is 29.0 Å². The van der Waals surface area contributed by atoms with Gasteiger partial charge in [-0.3, -0.25) is 9.69 Å². The Hall–Kier alpha value is -2.57. The summed E-state index contributed by atoms with van der Waals surface area (Å²) in [5.41, 5.74) is 1.97. The summed E-state index contributed by atoms with van der Waals surface area (Å²) < 4.78 is 12.3. The first-order valence-electron chi connectivity index (χ1n) is 9.36. The molecular weight excluding hydrogens is 402 g/mol. The van der Waals surface area contributed by atoms with Crippen molar-refractivity contribution in [2.24, 2.45) is 0 Å². The Balaban J connectivity index is 1.58. The van der Waals surface area contributed by atoms with Crippen LogP contribution >= 0.6 is 24.0 Å². The Morgan fingerprint density at radius 1 is 1.07 bits per heavy atom. The smallest absolute Gasteiger partial charge is 0.266 e. The van der Waals surface area contributed by atoms with E-state index in [-0.39, 0.29) is 5.91 Å². The lowest BCUT2D eigenvalue weighted by molar-refractivity contribution is -0.121. The normalized spacial score (nSPS) is 15.1. The molecule has 0 N–H and O–H groups in total. The number of aryl methyl sites for hydroxylation is 1. The second kappa shape index (κ2) is 10.3. The second-order valence-corrected chi connectivity index (χ2v) is 8.11. The highest BCUT2D eigenvalue weighted by Gasteiger charge is 2.31. The van der Waals surface area contributed by atoms with Gasteiger partial charge in [0.25, 0.3) is 5.91 Å². The fourth-order valence-electron chi connectivity index (χ4n) is 2.80. The first-order chi connectivity index (χ1) is 14.1. The highest BCUT2D eigenvalue weighted by Crippen LogP contribution is 2.34. The number of benzene rings is 2. The van der Waals surface area contributed by atoms with Crippen LogP contribution in [0.25, 0.3) is 6.08 Å². The molecule has 150 valence electrons. The SMILES string of the molecule is C=CCN1C(=O)C(=Cc2ccccc2OCCCOc2ccccc2C)SC1=S. The van der Waals surface area contributed by atoms with E-state index in [1.807, 2.05) is 61.5 Å². The molecule has 0 spiro atoms. The van der Waals surface area contributed by atoms with Crippen LogP contribution in [0.2, 0.25) is 0 Å². The zero-order valence-corrected chi connectivity index (χ0v) is 17.9. The van der Waals surface area contributed by atoms with Crippen molar-refractivity contribution >= 4 is 40.3 Å². The van der Waals surface area contributed by atoms with Gasteiger partial charge in [0, 0.05) is 18.5 Å². The third-order valence-corrected chi connectivity index (χ3v) is 5.67. The van der Waals surface area contributed by atoms with Gasteiger partial charge in [-0.2, -0.15) is 0 Å². The molecule has 0 radical (unpaired) electrons. The molecule has 29 heavy (non-hydrogen) atoms. The fraction of sp³-hybridized carbons (Fsp3) is 0.217. The maximum Gasteiger partial charge on any atom is 0.266 e. The first kappa shape index (κ1) is 21.1. The first-order valence-corrected chi connectivity index (χ1v) is 10.6. The highest BCUT2D eigenvalue weighted by atomic mass is 32.2. The van der Waals surface area contributed by atoms with Crippen LogP contribution in [0, 0.1) is 6.92 Å². The standard InChI is InChI=1S/C23H23NO3S2/c1-3-13-24-22(25)21(29-23(24)28)16-18-10-5-7-12-20(18)27-15-8-14-26-19-11-6-4-9-17(19)2/h3-7,9-12,16H,1,8,13-15H2,2H3. The second-order valence-electron chi connectivity index (χ2n) is 6.43. The third-order valence-electron chi connectivity index (χ3n) is 4.29. The quantitative estimate of drug-likeness (QED) is 0.238. The summed E-state index contributed by atoms with van der Waals surface area (Å²) >= 11 is 6.59. The van der Waals surface area contributed by atoms with Gasteiger partial charge in [0.15, 0.2) is 0 Å². The zero-order chi connectivity index (χ0) is 20.6. The summed E-state index contributed by atoms with van der Waals surface area (Å²) in [6.45, 7) is 7.22. The van der Waals surface area contributed by atoms with Gasteiger partial charge in [-0.25, -0.2) is 0 Å². The number of para-hydroxylation sites is 2. The van der Waals surface area contributed by atoms with E-state index in [4.69, 9.17) is 21.7 Å². The molecule has 1 fully saturated rings. The molecule has 0 aliphatic carbocycles. The van der Waals surface area contributed by atoms with Gasteiger partial charge in [-0.05, 0) is 30.7 Å². The van der Waals surface area contributed by atoms with E-state index in [2.05, 4.69) is 6.58 Å². The van der Waals surface area contributed by atoms with E-state index < -0.39 is 0 Å². The number of hydrogen-bond donors (Lipinski definition) is 0. The Labute approximate surface area is 181 Å². The zero-order valence-electron chi connectivity index (χ0n) is 16.3. The van der Waals surface area contributed by atoms with Gasteiger partial charge in [0.2, 0.25) is 0 Å². The Morgan fingerprint density at radius 2 is 1.72 bits per heavy atom. The van der Waals surface area contributed by atoms with Gasteiger partial charge in [-0.1, -0.05) is 66.5 Å². The molecule has 1 amide bonds. The van der Waals surface area contributed by atoms with Crippen LogP contribution in [0.1, 0.15) is 17.5 Å². The molecule has 0 bridgehead atoms. The van der Waals surface area contributed by atoms with Crippen molar-refractivity contribution in [3.8, 4) is 11.5 Å². The molecule has 2 aromatic carbocycles. The minimum atomic E-state index is -0.0960. The molecular formula is C23H23NO3S2. The van der Waals surface area contributed by atoms with Crippen molar-refractivity contribution in [1.82, 2.24) is 4.90 Å². The molecule has 6 heteroatoms. The summed E-state index contributed by atoms with van der Waals surface area (Å²) in [5.74, 6) is 1.54. The van der Waals surface area contributed by atoms with Crippen molar-refractivity contribution in [3.63, 3.8) is 0 Å². The molecule has 1 saturated heterocycles. The van der Waals surface area contributed by atoms with Gasteiger partial charge in [0.1, 0.15) is 15.8 Å². The predicted octanol–water partition coefficient (Wildman–Crippen LogP) is 5.23. The molecule has 4 nitrogen and oxygen atoms in total. The van der Waals surface area contributed by atoms with Crippen LogP contribution < -0.4 is 9.47 Å². The van der Waals surface area contributed by atoms with Crippen LogP contribution in [0.5, 0.6) is 11.5 Å². The molecule has 3 rings (SSSR count). The van der Waals surface area contributed by atoms with Gasteiger partial charge in [0.05, 0.1) is 18.1 Å². The van der Waals surface area contributed by atoms with Crippen molar-refractivity contribution in [2.45, 2.75) is 13.3 Å². The molecule has 1 aliphatic heterocycles. The number of amides is 1. The molecule has 2 aromatic rings. The summed E-state index contributed by atoms with van der Waals surface area (Å²) in [5, 5.41) is 0. The summed E-state index contributed by atoms with van der Waals surface area (Å²) in [7, 11) is 0. The fourth-order valence-corrected chi connectivity index (χ4v) is 4.07. The topological polar surface area (TPSA) is 38.8 Å². The number of carbonyl (C=O) groups excluding carboxylic acids is 1. The number of hydrogen-bond acceptors (Lipinski definition) is 5. The van der Waals surface area contributed by atoms with E-state index in [0.717, 1.165) is 29.0 Å². The number of thiocarbonyl (C=S) groups is 1. The van der Waals surface area contributed by atoms with Crippen molar-refractivity contribution < 1.29 is 14.3 Å². The summed E-state index contributed by atoms with van der Waals surface area (Å²) in [6.07, 6.45) is 4.26. The van der Waals surface area contributed by atoms with E-state index in [1.165, 1.54) is 11.8 Å². The van der Waals surface area contributed by atoms with Crippen LogP contribution in [-0.4, -0.2) is 34.9 Å². The maximum absolute atomic E-state index is 12.5. The minimum absolute atomic E-state index is 0.0960. The Morgan fingerprint density at radius 3 is 2.45 bits per heavy atom. The largest absolute Gasteiger partial charge is 0.493 e. The summed E-state index contributed by atoms with van der Waals surface area (Å²) in [4.78, 5) is 14.7. The molecule has 0 saturated carbocycles. The molecule has 0 aromatic heterocycles. The monoisotopic (exact) mass is 425 g/mol. The molecule has 1 heterocycles. The lowest BCUT2D eigenvalue weighted by Gasteiger charge is -2.12. The van der Waals surface area contributed by atoms with Crippen LogP contribution in [0.15, 0.2) is 66.1 Å². The number of carbonyl (C=O) groups is 1. The average molecular weight is 426 g/mol. The van der Waals surface area contributed by atoms with Crippen LogP contribution in [0.4, 0.5) is 0 Å². The molecule has 0 atom stereocenters. The van der Waals surface area contributed by atoms with Gasteiger partial charge in [-0.15, -0.1) is 6.58 Å². The van der Waals surface area contributed by atoms with Crippen LogP contribution in [-0.2, 0) is 4.79 Å². The third kappa shape index (κ3) is 5.49. The highest BCUT2D eigenvalue weighted by molar-refractivity contribution is 8.26. The van der Waals surface area contributed by atoms with E-state index in [1.54, 1.807) is 11.0 Å². The van der Waals surface area contributed by atoms with Gasteiger partial charge < -0.3 is 9.47 Å². The van der Waals surface area contributed by atoms with Gasteiger partial charge >= 0.3 is 0 Å². The van der Waals surface area contributed by atoms with Crippen molar-refractivity contribution in [2.75, 3.05) is 19.8 Å². The Kier molecular flexibility index (Phi) is 7.49. The number of ether oxygens (including phenoxy) is 2. The lowest BCUT2D eigenvalue weighted by Crippen LogP contribution is -2.27. The number of nitrogens with zero attached hydrogens (tertiary/aromatic N) is 1. The lowest BCUT2D eigenvalue weighted by atomic mass is 10.2. The van der Waals surface area contributed by atoms with Crippen molar-refractivity contribution in [3.05, 3.63) is 77.2 Å².